The van der Waals surface area contributed by atoms with Crippen molar-refractivity contribution in [1.82, 2.24) is 29.8 Å². The Balaban J connectivity index is 1.56. The van der Waals surface area contributed by atoms with Gasteiger partial charge in [0.05, 0.1) is 5.69 Å². The van der Waals surface area contributed by atoms with Crippen LogP contribution in [0.1, 0.15) is 16.8 Å². The van der Waals surface area contributed by atoms with Gasteiger partial charge >= 0.3 is 5.69 Å². The minimum Gasteiger partial charge on any atom is -0.473 e. The second kappa shape index (κ2) is 8.16. The van der Waals surface area contributed by atoms with Gasteiger partial charge in [-0.1, -0.05) is 24.3 Å². The fourth-order valence-electron chi connectivity index (χ4n) is 2.90. The lowest BCUT2D eigenvalue weighted by Crippen LogP contribution is -2.23. The molecule has 4 aromatic rings. The highest BCUT2D eigenvalue weighted by molar-refractivity contribution is 5.44. The number of ether oxygens (including phenoxy) is 2. The van der Waals surface area contributed by atoms with Gasteiger partial charge in [-0.25, -0.2) is 9.78 Å². The van der Waals surface area contributed by atoms with Crippen molar-refractivity contribution in [2.45, 2.75) is 20.5 Å². The van der Waals surface area contributed by atoms with Crippen LogP contribution in [0.3, 0.4) is 0 Å². The van der Waals surface area contributed by atoms with E-state index >= 15 is 0 Å². The predicted octanol–water partition coefficient (Wildman–Crippen LogP) is 2.74. The third-order valence-corrected chi connectivity index (χ3v) is 4.47. The van der Waals surface area contributed by atoms with Crippen LogP contribution in [-0.4, -0.2) is 29.8 Å². The van der Waals surface area contributed by atoms with E-state index < -0.39 is 0 Å². The van der Waals surface area contributed by atoms with Crippen LogP contribution >= 0.6 is 0 Å². The smallest absolute Gasteiger partial charge is 0.368 e. The molecule has 0 aliphatic heterocycles. The van der Waals surface area contributed by atoms with Crippen molar-refractivity contribution in [3.8, 4) is 23.3 Å². The Morgan fingerprint density at radius 2 is 1.57 bits per heavy atom. The lowest BCUT2D eigenvalue weighted by Gasteiger charge is -2.13. The molecule has 1 aromatic carbocycles. The summed E-state index contributed by atoms with van der Waals surface area (Å²) >= 11 is 0. The molecule has 0 N–H and O–H groups in total. The second-order valence-corrected chi connectivity index (χ2v) is 6.69. The van der Waals surface area contributed by atoms with E-state index in [4.69, 9.17) is 9.47 Å². The molecule has 0 fully saturated rings. The summed E-state index contributed by atoms with van der Waals surface area (Å²) in [7, 11) is 1.55. The van der Waals surface area contributed by atoms with Gasteiger partial charge in [0.15, 0.2) is 0 Å². The number of tetrazole rings is 1. The second-order valence-electron chi connectivity index (χ2n) is 6.69. The molecule has 0 amide bonds. The molecule has 4 rings (SSSR count). The van der Waals surface area contributed by atoms with Gasteiger partial charge in [-0.15, -0.1) is 0 Å². The molecule has 30 heavy (non-hydrogen) atoms. The van der Waals surface area contributed by atoms with E-state index in [1.807, 2.05) is 38.1 Å². The highest BCUT2D eigenvalue weighted by Crippen LogP contribution is 2.22. The van der Waals surface area contributed by atoms with Crippen LogP contribution in [0.5, 0.6) is 17.6 Å². The third kappa shape index (κ3) is 4.04. The molecule has 0 atom stereocenters. The van der Waals surface area contributed by atoms with Gasteiger partial charge in [0.2, 0.25) is 17.6 Å². The largest absolute Gasteiger partial charge is 0.473 e. The van der Waals surface area contributed by atoms with Crippen LogP contribution in [0.4, 0.5) is 0 Å². The Hall–Kier alpha value is -4.01. The molecule has 0 unspecified atom stereocenters. The summed E-state index contributed by atoms with van der Waals surface area (Å²) in [5.41, 5.74) is 2.91. The van der Waals surface area contributed by atoms with Crippen LogP contribution in [0.15, 0.2) is 59.4 Å². The average molecular weight is 404 g/mol. The minimum atomic E-state index is -0.332. The molecular formula is C21H20N6O3. The zero-order valence-electron chi connectivity index (χ0n) is 16.8. The van der Waals surface area contributed by atoms with E-state index in [9.17, 15) is 4.79 Å². The summed E-state index contributed by atoms with van der Waals surface area (Å²) in [4.78, 5) is 21.0. The van der Waals surface area contributed by atoms with Crippen LogP contribution in [0.2, 0.25) is 0 Å². The van der Waals surface area contributed by atoms with Gasteiger partial charge in [0.25, 0.3) is 0 Å². The van der Waals surface area contributed by atoms with Crippen molar-refractivity contribution < 1.29 is 9.47 Å². The van der Waals surface area contributed by atoms with Crippen molar-refractivity contribution in [2.24, 2.45) is 7.05 Å². The molecule has 0 saturated heterocycles. The van der Waals surface area contributed by atoms with Crippen LogP contribution in [0.25, 0.3) is 5.69 Å². The van der Waals surface area contributed by atoms with Crippen molar-refractivity contribution in [3.05, 3.63) is 81.9 Å². The highest BCUT2D eigenvalue weighted by atomic mass is 16.5. The van der Waals surface area contributed by atoms with E-state index in [0.29, 0.717) is 23.3 Å². The molecule has 9 nitrogen and oxygen atoms in total. The van der Waals surface area contributed by atoms with Gasteiger partial charge in [-0.05, 0) is 42.0 Å². The summed E-state index contributed by atoms with van der Waals surface area (Å²) in [5, 5.41) is 7.71. The molecule has 0 aliphatic rings. The topological polar surface area (TPSA) is 97.0 Å². The Kier molecular flexibility index (Phi) is 5.25. The molecule has 3 aromatic heterocycles. The van der Waals surface area contributed by atoms with E-state index in [-0.39, 0.29) is 12.3 Å². The predicted molar refractivity (Wildman–Crippen MR) is 109 cm³/mol. The van der Waals surface area contributed by atoms with Crippen LogP contribution in [-0.2, 0) is 13.7 Å². The maximum atomic E-state index is 12.3. The third-order valence-electron chi connectivity index (χ3n) is 4.47. The van der Waals surface area contributed by atoms with E-state index in [0.717, 1.165) is 16.8 Å². The molecule has 0 radical (unpaired) electrons. The number of pyridine rings is 2. The Morgan fingerprint density at radius 1 is 0.867 bits per heavy atom. The quantitative estimate of drug-likeness (QED) is 0.487. The number of aromatic nitrogens is 6. The lowest BCUT2D eigenvalue weighted by atomic mass is 10.1. The van der Waals surface area contributed by atoms with Gasteiger partial charge < -0.3 is 9.47 Å². The molecular weight excluding hydrogens is 384 g/mol. The minimum absolute atomic E-state index is 0.199. The maximum absolute atomic E-state index is 12.3. The van der Waals surface area contributed by atoms with Crippen LogP contribution < -0.4 is 15.2 Å². The summed E-state index contributed by atoms with van der Waals surface area (Å²) in [6, 6.07) is 16.4. The van der Waals surface area contributed by atoms with E-state index in [1.165, 1.54) is 9.36 Å². The first kappa shape index (κ1) is 19.3. The fourth-order valence-corrected chi connectivity index (χ4v) is 2.90. The number of benzene rings is 1. The number of rotatable bonds is 6. The zero-order valence-corrected chi connectivity index (χ0v) is 16.8. The fraction of sp³-hybridized carbons (Fsp3) is 0.190. The van der Waals surface area contributed by atoms with Crippen LogP contribution in [0, 0.1) is 13.8 Å². The first-order valence-corrected chi connectivity index (χ1v) is 9.30. The van der Waals surface area contributed by atoms with E-state index in [2.05, 4.69) is 20.4 Å². The first-order valence-electron chi connectivity index (χ1n) is 9.30. The molecule has 0 bridgehead atoms. The first-order chi connectivity index (χ1) is 14.5. The number of hydrogen-bond acceptors (Lipinski definition) is 7. The Labute approximate surface area is 172 Å². The number of nitrogens with zero attached hydrogens (tertiary/aromatic N) is 6. The standard InChI is InChI=1S/C21H20N6O3/c1-14-7-4-9-17(27-21(28)26(3)24-25-27)16(14)13-29-18-10-6-12-20(23-18)30-19-11-5-8-15(2)22-19/h4-12H,13H2,1-3H3. The van der Waals surface area contributed by atoms with E-state index in [1.54, 1.807) is 37.4 Å². The number of aryl methyl sites for hydroxylation is 3. The molecule has 0 aliphatic carbocycles. The summed E-state index contributed by atoms with van der Waals surface area (Å²) in [6.07, 6.45) is 0. The van der Waals surface area contributed by atoms with Crippen molar-refractivity contribution in [2.75, 3.05) is 0 Å². The summed E-state index contributed by atoms with van der Waals surface area (Å²) in [5.74, 6) is 1.23. The highest BCUT2D eigenvalue weighted by Gasteiger charge is 2.14. The monoisotopic (exact) mass is 404 g/mol. The van der Waals surface area contributed by atoms with Crippen molar-refractivity contribution >= 4 is 0 Å². The van der Waals surface area contributed by atoms with Crippen molar-refractivity contribution in [3.63, 3.8) is 0 Å². The SMILES string of the molecule is Cc1cccc(Oc2cccc(OCc3c(C)cccc3-n3nnn(C)c3=O)n2)n1. The normalized spacial score (nSPS) is 10.8. The summed E-state index contributed by atoms with van der Waals surface area (Å²) in [6.45, 7) is 4.03. The zero-order chi connectivity index (χ0) is 21.1. The molecule has 3 heterocycles. The van der Waals surface area contributed by atoms with Crippen molar-refractivity contribution in [1.29, 1.82) is 0 Å². The van der Waals surface area contributed by atoms with Gasteiger partial charge in [-0.3, -0.25) is 0 Å². The molecule has 0 saturated carbocycles. The Bertz CT molecular complexity index is 1250. The number of hydrogen-bond donors (Lipinski definition) is 0. The molecule has 152 valence electrons. The lowest BCUT2D eigenvalue weighted by molar-refractivity contribution is 0.288. The summed E-state index contributed by atoms with van der Waals surface area (Å²) < 4.78 is 14.0. The van der Waals surface area contributed by atoms with Gasteiger partial charge in [0.1, 0.15) is 6.61 Å². The van der Waals surface area contributed by atoms with Gasteiger partial charge in [0, 0.05) is 36.5 Å². The van der Waals surface area contributed by atoms with Gasteiger partial charge in [-0.2, -0.15) is 14.3 Å². The average Bonchev–Trinajstić information content (AvgIpc) is 3.06. The Morgan fingerprint density at radius 3 is 2.30 bits per heavy atom. The molecule has 0 spiro atoms. The molecule has 9 heteroatoms. The maximum Gasteiger partial charge on any atom is 0.368 e.